The number of hydrogen-bond donors (Lipinski definition) is 0. The highest BCUT2D eigenvalue weighted by atomic mass is 16.1. The molecule has 112 valence electrons. The van der Waals surface area contributed by atoms with Gasteiger partial charge in [0.15, 0.2) is 5.78 Å². The molecule has 0 amide bonds. The Bertz CT molecular complexity index is 634. The first kappa shape index (κ1) is 14.8. The molecule has 1 saturated carbocycles. The molecule has 2 aromatic carbocycles. The third kappa shape index (κ3) is 3.54. The fourth-order valence-electron chi connectivity index (χ4n) is 3.20. The molecule has 0 atom stereocenters. The van der Waals surface area contributed by atoms with E-state index in [1.165, 1.54) is 32.1 Å². The van der Waals surface area contributed by atoms with Crippen molar-refractivity contribution in [3.63, 3.8) is 0 Å². The lowest BCUT2D eigenvalue weighted by Crippen LogP contribution is -2.08. The zero-order valence-electron chi connectivity index (χ0n) is 12.9. The lowest BCUT2D eigenvalue weighted by molar-refractivity contribution is 0.105. The van der Waals surface area contributed by atoms with Gasteiger partial charge in [-0.05, 0) is 24.3 Å². The third-order valence-electron chi connectivity index (χ3n) is 4.42. The molecule has 0 heterocycles. The molecule has 0 aliphatic heterocycles. The summed E-state index contributed by atoms with van der Waals surface area (Å²) in [6, 6.07) is 19.7. The van der Waals surface area contributed by atoms with Crippen LogP contribution in [0.3, 0.4) is 0 Å². The van der Waals surface area contributed by atoms with Gasteiger partial charge in [-0.25, -0.2) is 0 Å². The maximum atomic E-state index is 13.0. The Morgan fingerprint density at radius 1 is 0.773 bits per heavy atom. The van der Waals surface area contributed by atoms with Crippen LogP contribution in [0.4, 0.5) is 0 Å². The van der Waals surface area contributed by atoms with E-state index in [0.717, 1.165) is 16.7 Å². The molecule has 2 aromatic rings. The van der Waals surface area contributed by atoms with Crippen LogP contribution in [-0.2, 0) is 0 Å². The summed E-state index contributed by atoms with van der Waals surface area (Å²) < 4.78 is 0. The average Bonchev–Trinajstić information content (AvgIpc) is 2.61. The van der Waals surface area contributed by atoms with E-state index in [2.05, 4.69) is 6.08 Å². The highest BCUT2D eigenvalue weighted by Crippen LogP contribution is 2.29. The van der Waals surface area contributed by atoms with E-state index < -0.39 is 0 Å². The summed E-state index contributed by atoms with van der Waals surface area (Å²) >= 11 is 0. The molecule has 0 bridgehead atoms. The van der Waals surface area contributed by atoms with Gasteiger partial charge in [-0.3, -0.25) is 4.79 Å². The average molecular weight is 290 g/mol. The monoisotopic (exact) mass is 290 g/mol. The second-order valence-electron chi connectivity index (χ2n) is 6.04. The summed E-state index contributed by atoms with van der Waals surface area (Å²) in [6.07, 6.45) is 8.53. The molecule has 1 aliphatic carbocycles. The summed E-state index contributed by atoms with van der Waals surface area (Å²) in [6.45, 7) is 0. The van der Waals surface area contributed by atoms with Gasteiger partial charge in [-0.1, -0.05) is 86.0 Å². The summed E-state index contributed by atoms with van der Waals surface area (Å²) in [5.74, 6) is 0.675. The number of allylic oxidation sites excluding steroid dienone is 2. The van der Waals surface area contributed by atoms with Crippen molar-refractivity contribution in [3.05, 3.63) is 77.9 Å². The second kappa shape index (κ2) is 7.22. The molecule has 1 heteroatoms. The van der Waals surface area contributed by atoms with E-state index in [1.807, 2.05) is 60.7 Å². The number of hydrogen-bond acceptors (Lipinski definition) is 1. The zero-order valence-corrected chi connectivity index (χ0v) is 12.9. The maximum Gasteiger partial charge on any atom is 0.193 e. The summed E-state index contributed by atoms with van der Waals surface area (Å²) in [5.41, 5.74) is 2.66. The van der Waals surface area contributed by atoms with Gasteiger partial charge in [0.25, 0.3) is 0 Å². The number of carbonyl (C=O) groups excluding carboxylic acids is 1. The van der Waals surface area contributed by atoms with Gasteiger partial charge >= 0.3 is 0 Å². The first-order valence-electron chi connectivity index (χ1n) is 8.21. The van der Waals surface area contributed by atoms with Crippen LogP contribution < -0.4 is 0 Å². The molecule has 1 aliphatic rings. The lowest BCUT2D eigenvalue weighted by atomic mass is 9.85. The van der Waals surface area contributed by atoms with Crippen LogP contribution in [0.5, 0.6) is 0 Å². The minimum absolute atomic E-state index is 0.136. The smallest absolute Gasteiger partial charge is 0.193 e. The number of Topliss-reactive ketones (excluding diaryl/α,β-unsaturated/α-hetero) is 1. The molecule has 0 N–H and O–H groups in total. The normalized spacial score (nSPS) is 16.5. The Balaban J connectivity index is 1.96. The summed E-state index contributed by atoms with van der Waals surface area (Å²) in [7, 11) is 0. The van der Waals surface area contributed by atoms with E-state index in [-0.39, 0.29) is 5.78 Å². The van der Waals surface area contributed by atoms with Gasteiger partial charge < -0.3 is 0 Å². The van der Waals surface area contributed by atoms with Crippen LogP contribution >= 0.6 is 0 Å². The Labute approximate surface area is 132 Å². The van der Waals surface area contributed by atoms with E-state index in [9.17, 15) is 4.79 Å². The van der Waals surface area contributed by atoms with Crippen molar-refractivity contribution in [2.75, 3.05) is 0 Å². The molecule has 1 nitrogen and oxygen atoms in total. The van der Waals surface area contributed by atoms with Crippen LogP contribution in [0.15, 0.2) is 66.7 Å². The summed E-state index contributed by atoms with van der Waals surface area (Å²) in [4.78, 5) is 13.0. The topological polar surface area (TPSA) is 17.1 Å². The third-order valence-corrected chi connectivity index (χ3v) is 4.42. The maximum absolute atomic E-state index is 13.0. The fraction of sp³-hybridized carbons (Fsp3) is 0.286. The molecule has 0 aromatic heterocycles. The van der Waals surface area contributed by atoms with Crippen molar-refractivity contribution in [1.82, 2.24) is 0 Å². The van der Waals surface area contributed by atoms with Crippen LogP contribution in [-0.4, -0.2) is 5.78 Å². The predicted molar refractivity (Wildman–Crippen MR) is 91.8 cm³/mol. The molecule has 0 spiro atoms. The largest absolute Gasteiger partial charge is 0.289 e. The molecule has 22 heavy (non-hydrogen) atoms. The van der Waals surface area contributed by atoms with Gasteiger partial charge in [-0.15, -0.1) is 0 Å². The molecule has 0 saturated heterocycles. The van der Waals surface area contributed by atoms with Crippen molar-refractivity contribution in [1.29, 1.82) is 0 Å². The van der Waals surface area contributed by atoms with Crippen LogP contribution in [0.25, 0.3) is 5.57 Å². The minimum atomic E-state index is 0.136. The SMILES string of the molecule is O=C(/C(=C/C1CCCCC1)c1ccccc1)c1ccccc1. The van der Waals surface area contributed by atoms with E-state index in [4.69, 9.17) is 0 Å². The number of ketones is 1. The second-order valence-corrected chi connectivity index (χ2v) is 6.04. The first-order valence-corrected chi connectivity index (χ1v) is 8.21. The highest BCUT2D eigenvalue weighted by molar-refractivity contribution is 6.28. The van der Waals surface area contributed by atoms with Gasteiger partial charge in [0.05, 0.1) is 0 Å². The highest BCUT2D eigenvalue weighted by Gasteiger charge is 2.18. The first-order chi connectivity index (χ1) is 10.8. The quantitative estimate of drug-likeness (QED) is 0.534. The molecule has 1 fully saturated rings. The minimum Gasteiger partial charge on any atom is -0.289 e. The van der Waals surface area contributed by atoms with E-state index in [0.29, 0.717) is 5.92 Å². The molecule has 3 rings (SSSR count). The molecular formula is C21H22O. The Kier molecular flexibility index (Phi) is 4.85. The zero-order chi connectivity index (χ0) is 15.2. The standard InChI is InChI=1S/C21H22O/c22-21(19-14-8-3-9-15-19)20(18-12-6-2-7-13-18)16-17-10-4-1-5-11-17/h2-3,6-9,12-17H,1,4-5,10-11H2/b20-16+. The predicted octanol–water partition coefficient (Wildman–Crippen LogP) is 5.53. The van der Waals surface area contributed by atoms with E-state index in [1.54, 1.807) is 0 Å². The van der Waals surface area contributed by atoms with Crippen molar-refractivity contribution in [2.24, 2.45) is 5.92 Å². The Morgan fingerprint density at radius 3 is 1.91 bits per heavy atom. The van der Waals surface area contributed by atoms with Crippen molar-refractivity contribution >= 4 is 11.4 Å². The molecule has 0 radical (unpaired) electrons. The van der Waals surface area contributed by atoms with Crippen molar-refractivity contribution in [3.8, 4) is 0 Å². The fourth-order valence-corrected chi connectivity index (χ4v) is 3.20. The van der Waals surface area contributed by atoms with Gasteiger partial charge in [0.1, 0.15) is 0 Å². The van der Waals surface area contributed by atoms with Gasteiger partial charge in [0.2, 0.25) is 0 Å². The van der Waals surface area contributed by atoms with Gasteiger partial charge in [0, 0.05) is 11.1 Å². The van der Waals surface area contributed by atoms with Crippen LogP contribution in [0, 0.1) is 5.92 Å². The van der Waals surface area contributed by atoms with Crippen LogP contribution in [0.1, 0.15) is 48.0 Å². The Hall–Kier alpha value is -2.15. The van der Waals surface area contributed by atoms with Crippen molar-refractivity contribution in [2.45, 2.75) is 32.1 Å². The molecular weight excluding hydrogens is 268 g/mol. The van der Waals surface area contributed by atoms with Gasteiger partial charge in [-0.2, -0.15) is 0 Å². The Morgan fingerprint density at radius 2 is 1.32 bits per heavy atom. The van der Waals surface area contributed by atoms with E-state index >= 15 is 0 Å². The molecule has 0 unspecified atom stereocenters. The van der Waals surface area contributed by atoms with Crippen LogP contribution in [0.2, 0.25) is 0 Å². The summed E-state index contributed by atoms with van der Waals surface area (Å²) in [5, 5.41) is 0. The number of carbonyl (C=O) groups is 1. The lowest BCUT2D eigenvalue weighted by Gasteiger charge is -2.20. The number of benzene rings is 2. The number of rotatable bonds is 4. The van der Waals surface area contributed by atoms with Crippen molar-refractivity contribution < 1.29 is 4.79 Å².